The largest absolute Gasteiger partial charge is 0.384 e. The maximum atomic E-state index is 13.0. The van der Waals surface area contributed by atoms with E-state index in [9.17, 15) is 4.39 Å². The summed E-state index contributed by atoms with van der Waals surface area (Å²) in [4.78, 5) is 8.15. The summed E-state index contributed by atoms with van der Waals surface area (Å²) in [5.74, 6) is 0.170. The van der Waals surface area contributed by atoms with Crippen LogP contribution >= 0.6 is 0 Å². The smallest absolute Gasteiger partial charge is 0.141 e. The van der Waals surface area contributed by atoms with E-state index in [-0.39, 0.29) is 11.9 Å². The predicted molar refractivity (Wildman–Crippen MR) is 77.6 cm³/mol. The lowest BCUT2D eigenvalue weighted by molar-refractivity contribution is 0.464. The zero-order valence-electron chi connectivity index (χ0n) is 11.7. The molecule has 0 amide bonds. The van der Waals surface area contributed by atoms with Crippen LogP contribution in [-0.4, -0.2) is 16.0 Å². The summed E-state index contributed by atoms with van der Waals surface area (Å²) in [6.45, 7) is 4.13. The van der Waals surface area contributed by atoms with E-state index in [4.69, 9.17) is 5.73 Å². The summed E-state index contributed by atoms with van der Waals surface area (Å²) < 4.78 is 13.0. The Kier molecular flexibility index (Phi) is 4.63. The van der Waals surface area contributed by atoms with Crippen molar-refractivity contribution in [2.75, 3.05) is 5.73 Å². The number of hydrogen-bond acceptors (Lipinski definition) is 4. The van der Waals surface area contributed by atoms with Gasteiger partial charge in [-0.05, 0) is 36.2 Å². The van der Waals surface area contributed by atoms with Gasteiger partial charge in [0.25, 0.3) is 0 Å². The van der Waals surface area contributed by atoms with Gasteiger partial charge < -0.3 is 11.1 Å². The molecule has 0 radical (unpaired) electrons. The van der Waals surface area contributed by atoms with E-state index in [0.717, 1.165) is 17.7 Å². The van der Waals surface area contributed by atoms with Crippen molar-refractivity contribution >= 4 is 5.82 Å². The summed E-state index contributed by atoms with van der Waals surface area (Å²) in [5, 5.41) is 3.44. The SMILES string of the molecule is CC(C)NC(Cc1ccnc(N)c1)c1ccc(F)cn1. The van der Waals surface area contributed by atoms with Crippen LogP contribution < -0.4 is 11.1 Å². The molecule has 0 aromatic carbocycles. The van der Waals surface area contributed by atoms with Gasteiger partial charge in [0.15, 0.2) is 0 Å². The average molecular weight is 274 g/mol. The number of anilines is 1. The van der Waals surface area contributed by atoms with Crippen LogP contribution in [0.5, 0.6) is 0 Å². The van der Waals surface area contributed by atoms with Crippen molar-refractivity contribution < 1.29 is 4.39 Å². The van der Waals surface area contributed by atoms with Crippen LogP contribution in [0.25, 0.3) is 0 Å². The predicted octanol–water partition coefficient (Wildman–Crippen LogP) is 2.48. The van der Waals surface area contributed by atoms with Crippen molar-refractivity contribution in [2.45, 2.75) is 32.4 Å². The summed E-state index contributed by atoms with van der Waals surface area (Å²) in [6.07, 6.45) is 3.66. The highest BCUT2D eigenvalue weighted by Crippen LogP contribution is 2.18. The number of hydrogen-bond donors (Lipinski definition) is 2. The van der Waals surface area contributed by atoms with Gasteiger partial charge in [-0.3, -0.25) is 4.98 Å². The van der Waals surface area contributed by atoms with Crippen LogP contribution in [0.15, 0.2) is 36.7 Å². The van der Waals surface area contributed by atoms with Crippen molar-refractivity contribution in [1.29, 1.82) is 0 Å². The minimum Gasteiger partial charge on any atom is -0.384 e. The van der Waals surface area contributed by atoms with Crippen LogP contribution in [0.1, 0.15) is 31.1 Å². The molecular weight excluding hydrogens is 255 g/mol. The maximum Gasteiger partial charge on any atom is 0.141 e. The third-order valence-corrected chi connectivity index (χ3v) is 2.93. The fraction of sp³-hybridized carbons (Fsp3) is 0.333. The third kappa shape index (κ3) is 3.99. The summed E-state index contributed by atoms with van der Waals surface area (Å²) in [5.41, 5.74) is 7.58. The van der Waals surface area contributed by atoms with Gasteiger partial charge in [0.05, 0.1) is 17.9 Å². The lowest BCUT2D eigenvalue weighted by atomic mass is 10.0. The highest BCUT2D eigenvalue weighted by atomic mass is 19.1. The zero-order valence-corrected chi connectivity index (χ0v) is 11.7. The van der Waals surface area contributed by atoms with Crippen LogP contribution in [0.4, 0.5) is 10.2 Å². The molecule has 0 saturated carbocycles. The minimum atomic E-state index is -0.329. The first-order chi connectivity index (χ1) is 9.54. The molecule has 20 heavy (non-hydrogen) atoms. The monoisotopic (exact) mass is 274 g/mol. The van der Waals surface area contributed by atoms with Gasteiger partial charge in [-0.25, -0.2) is 9.37 Å². The Labute approximate surface area is 118 Å². The second-order valence-corrected chi connectivity index (χ2v) is 5.07. The Morgan fingerprint density at radius 2 is 2.05 bits per heavy atom. The molecule has 0 spiro atoms. The molecule has 2 rings (SSSR count). The number of nitrogen functional groups attached to an aromatic ring is 1. The van der Waals surface area contributed by atoms with E-state index in [0.29, 0.717) is 11.9 Å². The van der Waals surface area contributed by atoms with Gasteiger partial charge in [0.1, 0.15) is 11.6 Å². The molecule has 2 aromatic heterocycles. The molecule has 1 unspecified atom stereocenters. The quantitative estimate of drug-likeness (QED) is 0.879. The number of halogens is 1. The molecule has 0 saturated heterocycles. The second kappa shape index (κ2) is 6.43. The molecule has 0 aliphatic carbocycles. The van der Waals surface area contributed by atoms with Gasteiger partial charge in [-0.1, -0.05) is 13.8 Å². The minimum absolute atomic E-state index is 0.0115. The number of rotatable bonds is 5. The van der Waals surface area contributed by atoms with Gasteiger partial charge in [0.2, 0.25) is 0 Å². The van der Waals surface area contributed by atoms with Gasteiger partial charge >= 0.3 is 0 Å². The first-order valence-corrected chi connectivity index (χ1v) is 6.62. The maximum absolute atomic E-state index is 13.0. The standard InChI is InChI=1S/C15H19FN4/c1-10(2)20-14(13-4-3-12(16)9-19-13)7-11-5-6-18-15(17)8-11/h3-6,8-10,14,20H,7H2,1-2H3,(H2,17,18). The van der Waals surface area contributed by atoms with Crippen LogP contribution in [0.2, 0.25) is 0 Å². The lowest BCUT2D eigenvalue weighted by Gasteiger charge is -2.21. The van der Waals surface area contributed by atoms with Crippen molar-refractivity contribution in [3.8, 4) is 0 Å². The summed E-state index contributed by atoms with van der Waals surface area (Å²) in [6, 6.07) is 7.22. The molecule has 0 bridgehead atoms. The lowest BCUT2D eigenvalue weighted by Crippen LogP contribution is -2.30. The summed E-state index contributed by atoms with van der Waals surface area (Å²) >= 11 is 0. The van der Waals surface area contributed by atoms with Crippen LogP contribution in [0.3, 0.4) is 0 Å². The first kappa shape index (κ1) is 14.4. The topological polar surface area (TPSA) is 63.8 Å². The Morgan fingerprint density at radius 3 is 2.65 bits per heavy atom. The van der Waals surface area contributed by atoms with Gasteiger partial charge in [0, 0.05) is 12.2 Å². The van der Waals surface area contributed by atoms with E-state index >= 15 is 0 Å². The highest BCUT2D eigenvalue weighted by Gasteiger charge is 2.15. The first-order valence-electron chi connectivity index (χ1n) is 6.62. The van der Waals surface area contributed by atoms with E-state index < -0.39 is 0 Å². The van der Waals surface area contributed by atoms with E-state index in [1.165, 1.54) is 12.3 Å². The normalized spacial score (nSPS) is 12.6. The van der Waals surface area contributed by atoms with Crippen molar-refractivity contribution in [2.24, 2.45) is 0 Å². The van der Waals surface area contributed by atoms with Gasteiger partial charge in [-0.2, -0.15) is 0 Å². The Bertz CT molecular complexity index is 554. The van der Waals surface area contributed by atoms with Crippen LogP contribution in [-0.2, 0) is 6.42 Å². The molecule has 0 fully saturated rings. The molecular formula is C15H19FN4. The average Bonchev–Trinajstić information content (AvgIpc) is 2.38. The fourth-order valence-corrected chi connectivity index (χ4v) is 2.10. The number of pyridine rings is 2. The molecule has 2 aromatic rings. The number of aromatic nitrogens is 2. The van der Waals surface area contributed by atoms with E-state index in [1.807, 2.05) is 12.1 Å². The van der Waals surface area contributed by atoms with Crippen molar-refractivity contribution in [1.82, 2.24) is 15.3 Å². The Hall–Kier alpha value is -2.01. The molecule has 1 atom stereocenters. The highest BCUT2D eigenvalue weighted by molar-refractivity contribution is 5.32. The fourth-order valence-electron chi connectivity index (χ4n) is 2.10. The zero-order chi connectivity index (χ0) is 14.5. The molecule has 3 N–H and O–H groups in total. The number of nitrogens with zero attached hydrogens (tertiary/aromatic N) is 2. The molecule has 0 aliphatic rings. The second-order valence-electron chi connectivity index (χ2n) is 5.07. The molecule has 2 heterocycles. The molecule has 4 nitrogen and oxygen atoms in total. The summed E-state index contributed by atoms with van der Waals surface area (Å²) in [7, 11) is 0. The van der Waals surface area contributed by atoms with E-state index in [2.05, 4.69) is 29.1 Å². The van der Waals surface area contributed by atoms with E-state index in [1.54, 1.807) is 12.3 Å². The number of nitrogens with one attached hydrogen (secondary N) is 1. The Morgan fingerprint density at radius 1 is 1.25 bits per heavy atom. The van der Waals surface area contributed by atoms with Crippen LogP contribution in [0, 0.1) is 5.82 Å². The van der Waals surface area contributed by atoms with Crippen molar-refractivity contribution in [3.63, 3.8) is 0 Å². The van der Waals surface area contributed by atoms with Crippen molar-refractivity contribution in [3.05, 3.63) is 53.7 Å². The third-order valence-electron chi connectivity index (χ3n) is 2.93. The van der Waals surface area contributed by atoms with Gasteiger partial charge in [-0.15, -0.1) is 0 Å². The molecule has 5 heteroatoms. The number of nitrogens with two attached hydrogens (primary N) is 1. The Balaban J connectivity index is 2.21. The molecule has 106 valence electrons. The molecule has 0 aliphatic heterocycles.